The van der Waals surface area contributed by atoms with Crippen LogP contribution in [0.1, 0.15) is 31.5 Å². The first-order chi connectivity index (χ1) is 12.1. The number of nitrogens with one attached hydrogen (secondary N) is 2. The second kappa shape index (κ2) is 6.44. The van der Waals surface area contributed by atoms with Gasteiger partial charge in [0.15, 0.2) is 11.6 Å². The van der Waals surface area contributed by atoms with Crippen LogP contribution in [0, 0.1) is 5.82 Å². The standard InChI is InChI=1S/C19H21FN4O/c1-11-7-13(5-6-21-11)19-22-10-17-16(24-19)9-15(23-17)12-3-4-18(25-2)14(20)8-12/h3-4,8-11,13,21,23H,5-7H2,1-2H3. The van der Waals surface area contributed by atoms with E-state index in [1.165, 1.54) is 13.2 Å². The molecule has 0 saturated carbocycles. The molecule has 1 aliphatic rings. The highest BCUT2D eigenvalue weighted by Gasteiger charge is 2.22. The largest absolute Gasteiger partial charge is 0.494 e. The summed E-state index contributed by atoms with van der Waals surface area (Å²) in [5.41, 5.74) is 3.30. The van der Waals surface area contributed by atoms with E-state index >= 15 is 0 Å². The first-order valence-corrected chi connectivity index (χ1v) is 8.57. The van der Waals surface area contributed by atoms with Crippen LogP contribution in [0.4, 0.5) is 4.39 Å². The lowest BCUT2D eigenvalue weighted by Gasteiger charge is -2.26. The minimum absolute atomic E-state index is 0.238. The van der Waals surface area contributed by atoms with Gasteiger partial charge >= 0.3 is 0 Å². The van der Waals surface area contributed by atoms with Crippen molar-refractivity contribution in [3.63, 3.8) is 0 Å². The number of fused-ring (bicyclic) bond motifs is 1. The molecule has 1 fully saturated rings. The summed E-state index contributed by atoms with van der Waals surface area (Å²) in [6, 6.07) is 7.36. The van der Waals surface area contributed by atoms with Gasteiger partial charge in [0.25, 0.3) is 0 Å². The van der Waals surface area contributed by atoms with Crippen LogP contribution in [-0.4, -0.2) is 34.6 Å². The summed E-state index contributed by atoms with van der Waals surface area (Å²) in [7, 11) is 1.46. The molecule has 2 unspecified atom stereocenters. The number of methoxy groups -OCH3 is 1. The van der Waals surface area contributed by atoms with Crippen molar-refractivity contribution in [1.29, 1.82) is 0 Å². The van der Waals surface area contributed by atoms with Crippen LogP contribution < -0.4 is 10.1 Å². The van der Waals surface area contributed by atoms with Crippen molar-refractivity contribution in [2.45, 2.75) is 31.7 Å². The van der Waals surface area contributed by atoms with Crippen LogP contribution in [0.2, 0.25) is 0 Å². The summed E-state index contributed by atoms with van der Waals surface area (Å²) in [5, 5.41) is 3.45. The molecule has 0 radical (unpaired) electrons. The maximum atomic E-state index is 14.0. The van der Waals surface area contributed by atoms with Gasteiger partial charge in [0.1, 0.15) is 5.82 Å². The van der Waals surface area contributed by atoms with Crippen molar-refractivity contribution in [2.24, 2.45) is 0 Å². The Morgan fingerprint density at radius 1 is 1.28 bits per heavy atom. The van der Waals surface area contributed by atoms with Gasteiger partial charge in [-0.05, 0) is 50.6 Å². The minimum atomic E-state index is -0.380. The number of rotatable bonds is 3. The Morgan fingerprint density at radius 2 is 2.16 bits per heavy atom. The molecule has 0 spiro atoms. The number of nitrogens with zero attached hydrogens (tertiary/aromatic N) is 2. The molecule has 2 atom stereocenters. The molecule has 1 saturated heterocycles. The van der Waals surface area contributed by atoms with Crippen molar-refractivity contribution in [3.05, 3.63) is 42.1 Å². The zero-order valence-electron chi connectivity index (χ0n) is 14.3. The lowest BCUT2D eigenvalue weighted by atomic mass is 9.92. The molecular formula is C19H21FN4O. The third kappa shape index (κ3) is 3.09. The Bertz CT molecular complexity index is 908. The smallest absolute Gasteiger partial charge is 0.165 e. The molecule has 5 nitrogen and oxygen atoms in total. The quantitative estimate of drug-likeness (QED) is 0.764. The average Bonchev–Trinajstić information content (AvgIpc) is 3.05. The number of benzene rings is 1. The topological polar surface area (TPSA) is 62.8 Å². The van der Waals surface area contributed by atoms with E-state index in [9.17, 15) is 4.39 Å². The lowest BCUT2D eigenvalue weighted by molar-refractivity contribution is 0.371. The van der Waals surface area contributed by atoms with E-state index in [1.807, 2.05) is 18.3 Å². The fourth-order valence-electron chi connectivity index (χ4n) is 3.49. The summed E-state index contributed by atoms with van der Waals surface area (Å²) in [4.78, 5) is 12.6. The van der Waals surface area contributed by atoms with E-state index in [1.54, 1.807) is 6.07 Å². The fraction of sp³-hybridized carbons (Fsp3) is 0.368. The zero-order valence-corrected chi connectivity index (χ0v) is 14.3. The molecular weight excluding hydrogens is 319 g/mol. The van der Waals surface area contributed by atoms with Crippen LogP contribution in [0.25, 0.3) is 22.3 Å². The van der Waals surface area contributed by atoms with Crippen molar-refractivity contribution in [3.8, 4) is 17.0 Å². The summed E-state index contributed by atoms with van der Waals surface area (Å²) < 4.78 is 18.9. The number of hydrogen-bond acceptors (Lipinski definition) is 4. The Balaban J connectivity index is 1.67. The lowest BCUT2D eigenvalue weighted by Crippen LogP contribution is -2.35. The van der Waals surface area contributed by atoms with Gasteiger partial charge in [0.2, 0.25) is 0 Å². The Labute approximate surface area is 145 Å². The normalized spacial score (nSPS) is 20.8. The molecule has 0 aliphatic carbocycles. The first-order valence-electron chi connectivity index (χ1n) is 8.57. The molecule has 1 aromatic carbocycles. The second-order valence-corrected chi connectivity index (χ2v) is 6.64. The molecule has 0 amide bonds. The second-order valence-electron chi connectivity index (χ2n) is 6.64. The SMILES string of the molecule is COc1ccc(-c2cc3nc(C4CCNC(C)C4)ncc3[nH]2)cc1F. The Hall–Kier alpha value is -2.47. The fourth-order valence-corrected chi connectivity index (χ4v) is 3.49. The van der Waals surface area contributed by atoms with E-state index in [2.05, 4.69) is 22.2 Å². The summed E-state index contributed by atoms with van der Waals surface area (Å²) in [5.74, 6) is 1.14. The van der Waals surface area contributed by atoms with Gasteiger partial charge in [-0.15, -0.1) is 0 Å². The molecule has 2 aromatic heterocycles. The van der Waals surface area contributed by atoms with E-state index in [0.717, 1.165) is 47.5 Å². The molecule has 1 aliphatic heterocycles. The van der Waals surface area contributed by atoms with E-state index < -0.39 is 0 Å². The van der Waals surface area contributed by atoms with Gasteiger partial charge in [-0.25, -0.2) is 14.4 Å². The number of hydrogen-bond donors (Lipinski definition) is 2. The Kier molecular flexibility index (Phi) is 4.13. The maximum absolute atomic E-state index is 14.0. The number of ether oxygens (including phenoxy) is 1. The van der Waals surface area contributed by atoms with Crippen molar-refractivity contribution in [2.75, 3.05) is 13.7 Å². The molecule has 0 bridgehead atoms. The maximum Gasteiger partial charge on any atom is 0.165 e. The van der Waals surface area contributed by atoms with Gasteiger partial charge in [-0.1, -0.05) is 0 Å². The molecule has 3 aromatic rings. The summed E-state index contributed by atoms with van der Waals surface area (Å²) >= 11 is 0. The average molecular weight is 340 g/mol. The summed E-state index contributed by atoms with van der Waals surface area (Å²) in [6.07, 6.45) is 3.93. The number of H-pyrrole nitrogens is 1. The van der Waals surface area contributed by atoms with Crippen molar-refractivity contribution >= 4 is 11.0 Å². The molecule has 25 heavy (non-hydrogen) atoms. The minimum Gasteiger partial charge on any atom is -0.494 e. The van der Waals surface area contributed by atoms with Crippen LogP contribution in [-0.2, 0) is 0 Å². The highest BCUT2D eigenvalue weighted by atomic mass is 19.1. The number of aromatic nitrogens is 3. The van der Waals surface area contributed by atoms with E-state index in [-0.39, 0.29) is 11.6 Å². The summed E-state index contributed by atoms with van der Waals surface area (Å²) in [6.45, 7) is 3.19. The van der Waals surface area contributed by atoms with Gasteiger partial charge in [0, 0.05) is 23.2 Å². The van der Waals surface area contributed by atoms with Gasteiger partial charge in [-0.2, -0.15) is 0 Å². The van der Waals surface area contributed by atoms with Gasteiger partial charge in [-0.3, -0.25) is 0 Å². The van der Waals surface area contributed by atoms with E-state index in [0.29, 0.717) is 12.0 Å². The monoisotopic (exact) mass is 340 g/mol. The van der Waals surface area contributed by atoms with Crippen LogP contribution in [0.5, 0.6) is 5.75 Å². The number of halogens is 1. The third-order valence-electron chi connectivity index (χ3n) is 4.84. The number of piperidine rings is 1. The first kappa shape index (κ1) is 16.0. The van der Waals surface area contributed by atoms with Crippen molar-refractivity contribution < 1.29 is 9.13 Å². The molecule has 3 heterocycles. The molecule has 2 N–H and O–H groups in total. The highest BCUT2D eigenvalue weighted by molar-refractivity contribution is 5.82. The van der Waals surface area contributed by atoms with Crippen LogP contribution >= 0.6 is 0 Å². The Morgan fingerprint density at radius 3 is 2.92 bits per heavy atom. The molecule has 6 heteroatoms. The predicted molar refractivity (Wildman–Crippen MR) is 95.3 cm³/mol. The van der Waals surface area contributed by atoms with Crippen LogP contribution in [0.3, 0.4) is 0 Å². The van der Waals surface area contributed by atoms with Gasteiger partial charge < -0.3 is 15.0 Å². The van der Waals surface area contributed by atoms with Crippen LogP contribution in [0.15, 0.2) is 30.5 Å². The van der Waals surface area contributed by atoms with Gasteiger partial charge in [0.05, 0.1) is 24.3 Å². The predicted octanol–water partition coefficient (Wildman–Crippen LogP) is 3.63. The molecule has 4 rings (SSSR count). The van der Waals surface area contributed by atoms with Crippen molar-refractivity contribution in [1.82, 2.24) is 20.3 Å². The zero-order chi connectivity index (χ0) is 17.4. The highest BCUT2D eigenvalue weighted by Crippen LogP contribution is 2.29. The van der Waals surface area contributed by atoms with E-state index in [4.69, 9.17) is 9.72 Å². The third-order valence-corrected chi connectivity index (χ3v) is 4.84. The molecule has 130 valence electrons. The number of aromatic amines is 1.